The number of hydrogen-bond donors (Lipinski definition) is 1. The van der Waals surface area contributed by atoms with Gasteiger partial charge in [-0.1, -0.05) is 26.7 Å². The summed E-state index contributed by atoms with van der Waals surface area (Å²) in [5.74, 6) is 0.314. The molecule has 0 saturated carbocycles. The monoisotopic (exact) mass is 283 g/mol. The highest BCUT2D eigenvalue weighted by Gasteiger charge is 2.23. The van der Waals surface area contributed by atoms with Crippen LogP contribution in [0, 0.1) is 0 Å². The van der Waals surface area contributed by atoms with Gasteiger partial charge in [-0.05, 0) is 52.4 Å². The lowest BCUT2D eigenvalue weighted by Crippen LogP contribution is -2.46. The van der Waals surface area contributed by atoms with E-state index in [1.54, 1.807) is 0 Å². The quantitative estimate of drug-likeness (QED) is 0.741. The van der Waals surface area contributed by atoms with E-state index >= 15 is 0 Å². The van der Waals surface area contributed by atoms with Gasteiger partial charge in [0.15, 0.2) is 0 Å². The molecule has 20 heavy (non-hydrogen) atoms. The largest absolute Gasteiger partial charge is 0.342 e. The van der Waals surface area contributed by atoms with Gasteiger partial charge in [0.1, 0.15) is 0 Å². The second kappa shape index (κ2) is 10.2. The minimum atomic E-state index is 0.0610. The number of amides is 1. The highest BCUT2D eigenvalue weighted by atomic mass is 16.2. The zero-order chi connectivity index (χ0) is 14.8. The van der Waals surface area contributed by atoms with E-state index in [0.29, 0.717) is 5.91 Å². The molecule has 1 atom stereocenters. The topological polar surface area (TPSA) is 35.6 Å². The lowest BCUT2D eigenvalue weighted by atomic mass is 10.1. The van der Waals surface area contributed by atoms with Crippen LogP contribution >= 0.6 is 0 Å². The number of hydrogen-bond acceptors (Lipinski definition) is 3. The molecule has 1 unspecified atom stereocenters. The Labute approximate surface area is 124 Å². The average Bonchev–Trinajstić information content (AvgIpc) is 2.76. The van der Waals surface area contributed by atoms with E-state index in [4.69, 9.17) is 0 Å². The zero-order valence-corrected chi connectivity index (χ0v) is 13.7. The number of carbonyl (C=O) groups excluding carboxylic acids is 1. The molecular weight excluding hydrogens is 250 g/mol. The highest BCUT2D eigenvalue weighted by Crippen LogP contribution is 2.11. The van der Waals surface area contributed by atoms with Crippen molar-refractivity contribution in [2.75, 3.05) is 39.3 Å². The summed E-state index contributed by atoms with van der Waals surface area (Å²) in [6, 6.07) is 0.0610. The van der Waals surface area contributed by atoms with Crippen LogP contribution in [0.15, 0.2) is 0 Å². The van der Waals surface area contributed by atoms with Crippen LogP contribution in [-0.2, 0) is 4.79 Å². The van der Waals surface area contributed by atoms with E-state index in [2.05, 4.69) is 31.0 Å². The summed E-state index contributed by atoms with van der Waals surface area (Å²) in [6.07, 6.45) is 5.72. The van der Waals surface area contributed by atoms with Crippen LogP contribution < -0.4 is 5.32 Å². The smallest absolute Gasteiger partial charge is 0.239 e. The zero-order valence-electron chi connectivity index (χ0n) is 13.7. The summed E-state index contributed by atoms with van der Waals surface area (Å²) in [5.41, 5.74) is 0. The minimum absolute atomic E-state index is 0.0610. The number of rotatable bonds is 8. The fourth-order valence-corrected chi connectivity index (χ4v) is 2.91. The van der Waals surface area contributed by atoms with Crippen LogP contribution in [0.3, 0.4) is 0 Å². The van der Waals surface area contributed by atoms with E-state index < -0.39 is 0 Å². The lowest BCUT2D eigenvalue weighted by molar-refractivity contribution is -0.133. The number of nitrogens with zero attached hydrogens (tertiary/aromatic N) is 2. The van der Waals surface area contributed by atoms with Crippen molar-refractivity contribution < 1.29 is 4.79 Å². The first-order chi connectivity index (χ1) is 9.72. The molecule has 0 aliphatic carbocycles. The molecule has 1 fully saturated rings. The molecule has 0 radical (unpaired) electrons. The molecule has 0 aromatic rings. The molecule has 1 amide bonds. The van der Waals surface area contributed by atoms with Crippen molar-refractivity contribution >= 4 is 5.91 Å². The van der Waals surface area contributed by atoms with Crippen molar-refractivity contribution in [3.63, 3.8) is 0 Å². The SMILES string of the molecule is CCN(CC)CCCN(CC)C(=O)C1CCCCCN1. The molecule has 1 rings (SSSR count). The molecule has 0 aromatic heterocycles. The first-order valence-corrected chi connectivity index (χ1v) is 8.47. The Hall–Kier alpha value is -0.610. The van der Waals surface area contributed by atoms with Gasteiger partial charge < -0.3 is 15.1 Å². The maximum Gasteiger partial charge on any atom is 0.239 e. The van der Waals surface area contributed by atoms with Crippen molar-refractivity contribution in [2.24, 2.45) is 0 Å². The van der Waals surface area contributed by atoms with Gasteiger partial charge >= 0.3 is 0 Å². The number of nitrogens with one attached hydrogen (secondary N) is 1. The molecule has 1 saturated heterocycles. The second-order valence-electron chi connectivity index (χ2n) is 5.65. The van der Waals surface area contributed by atoms with Crippen LogP contribution in [-0.4, -0.2) is 61.0 Å². The lowest BCUT2D eigenvalue weighted by Gasteiger charge is -2.27. The molecule has 1 aliphatic heterocycles. The maximum absolute atomic E-state index is 12.5. The molecule has 1 aliphatic rings. The Bertz CT molecular complexity index is 258. The summed E-state index contributed by atoms with van der Waals surface area (Å²) < 4.78 is 0. The Morgan fingerprint density at radius 1 is 1.05 bits per heavy atom. The van der Waals surface area contributed by atoms with Crippen molar-refractivity contribution in [3.05, 3.63) is 0 Å². The van der Waals surface area contributed by atoms with Crippen molar-refractivity contribution in [1.82, 2.24) is 15.1 Å². The minimum Gasteiger partial charge on any atom is -0.342 e. The normalized spacial score (nSPS) is 19.9. The predicted molar refractivity (Wildman–Crippen MR) is 84.9 cm³/mol. The van der Waals surface area contributed by atoms with E-state index in [0.717, 1.165) is 52.1 Å². The highest BCUT2D eigenvalue weighted by molar-refractivity contribution is 5.81. The average molecular weight is 283 g/mol. The van der Waals surface area contributed by atoms with E-state index in [1.807, 2.05) is 4.90 Å². The molecule has 1 N–H and O–H groups in total. The number of likely N-dealkylation sites (N-methyl/N-ethyl adjacent to an activating group) is 1. The second-order valence-corrected chi connectivity index (χ2v) is 5.65. The Morgan fingerprint density at radius 2 is 1.80 bits per heavy atom. The van der Waals surface area contributed by atoms with Crippen molar-refractivity contribution in [2.45, 2.75) is 58.9 Å². The molecule has 118 valence electrons. The fourth-order valence-electron chi connectivity index (χ4n) is 2.91. The third-order valence-corrected chi connectivity index (χ3v) is 4.35. The van der Waals surface area contributed by atoms with Crippen LogP contribution in [0.5, 0.6) is 0 Å². The molecule has 1 heterocycles. The Balaban J connectivity index is 2.37. The molecule has 0 aromatic carbocycles. The Morgan fingerprint density at radius 3 is 2.45 bits per heavy atom. The molecule has 0 bridgehead atoms. The summed E-state index contributed by atoms with van der Waals surface area (Å²) in [6.45, 7) is 12.5. The first kappa shape index (κ1) is 17.4. The van der Waals surface area contributed by atoms with Gasteiger partial charge in [-0.3, -0.25) is 4.79 Å². The van der Waals surface area contributed by atoms with Crippen LogP contribution in [0.1, 0.15) is 52.9 Å². The number of carbonyl (C=O) groups is 1. The van der Waals surface area contributed by atoms with E-state index in [-0.39, 0.29) is 6.04 Å². The van der Waals surface area contributed by atoms with E-state index in [1.165, 1.54) is 19.3 Å². The summed E-state index contributed by atoms with van der Waals surface area (Å²) in [4.78, 5) is 17.0. The first-order valence-electron chi connectivity index (χ1n) is 8.47. The fraction of sp³-hybridized carbons (Fsp3) is 0.938. The molecular formula is C16H33N3O. The van der Waals surface area contributed by atoms with Gasteiger partial charge in [-0.15, -0.1) is 0 Å². The third kappa shape index (κ3) is 5.80. The summed E-state index contributed by atoms with van der Waals surface area (Å²) in [7, 11) is 0. The van der Waals surface area contributed by atoms with Gasteiger partial charge in [-0.2, -0.15) is 0 Å². The summed E-state index contributed by atoms with van der Waals surface area (Å²) in [5, 5.41) is 3.42. The summed E-state index contributed by atoms with van der Waals surface area (Å²) >= 11 is 0. The predicted octanol–water partition coefficient (Wildman–Crippen LogP) is 2.10. The van der Waals surface area contributed by atoms with Gasteiger partial charge in [0.05, 0.1) is 6.04 Å². The van der Waals surface area contributed by atoms with E-state index in [9.17, 15) is 4.79 Å². The molecule has 0 spiro atoms. The maximum atomic E-state index is 12.5. The third-order valence-electron chi connectivity index (χ3n) is 4.35. The van der Waals surface area contributed by atoms with Gasteiger partial charge in [0.2, 0.25) is 5.91 Å². The van der Waals surface area contributed by atoms with Gasteiger partial charge in [0.25, 0.3) is 0 Å². The Kier molecular flexibility index (Phi) is 8.86. The van der Waals surface area contributed by atoms with Crippen LogP contribution in [0.25, 0.3) is 0 Å². The van der Waals surface area contributed by atoms with Crippen LogP contribution in [0.4, 0.5) is 0 Å². The molecule has 4 heteroatoms. The standard InChI is InChI=1S/C16H33N3O/c1-4-18(5-2)13-10-14-19(6-3)16(20)15-11-8-7-9-12-17-15/h15,17H,4-14H2,1-3H3. The van der Waals surface area contributed by atoms with Gasteiger partial charge in [0, 0.05) is 13.1 Å². The molecule has 4 nitrogen and oxygen atoms in total. The van der Waals surface area contributed by atoms with Crippen LogP contribution in [0.2, 0.25) is 0 Å². The van der Waals surface area contributed by atoms with Crippen molar-refractivity contribution in [3.8, 4) is 0 Å². The van der Waals surface area contributed by atoms with Crippen molar-refractivity contribution in [1.29, 1.82) is 0 Å². The van der Waals surface area contributed by atoms with Gasteiger partial charge in [-0.25, -0.2) is 0 Å².